The Morgan fingerprint density at radius 1 is 1.42 bits per heavy atom. The highest BCUT2D eigenvalue weighted by molar-refractivity contribution is 5.85. The van der Waals surface area contributed by atoms with Crippen molar-refractivity contribution in [2.45, 2.75) is 38.6 Å². The van der Waals surface area contributed by atoms with Gasteiger partial charge in [0.2, 0.25) is 5.95 Å². The maximum Gasteiger partial charge on any atom is 0.280 e. The number of nitrogen functional groups attached to an aromatic ring is 1. The molecule has 3 rings (SSSR count). The van der Waals surface area contributed by atoms with E-state index >= 15 is 0 Å². The molecule has 2 heterocycles. The average Bonchev–Trinajstić information content (AvgIpc) is 2.98. The third-order valence-electron chi connectivity index (χ3n) is 3.81. The van der Waals surface area contributed by atoms with Crippen LogP contribution in [0, 0.1) is 5.92 Å². The summed E-state index contributed by atoms with van der Waals surface area (Å²) in [6.07, 6.45) is 7.65. The first-order chi connectivity index (χ1) is 8.75. The van der Waals surface area contributed by atoms with E-state index in [1.165, 1.54) is 32.0 Å². The second-order valence-corrected chi connectivity index (χ2v) is 4.97. The van der Waals surface area contributed by atoms with E-state index in [0.717, 1.165) is 12.3 Å². The molecule has 2 aromatic rings. The predicted molar refractivity (Wildman–Crippen MR) is 76.4 cm³/mol. The number of nitrogens with two attached hydrogens (primary N) is 1. The molecular formula is C12H18ClN5O. The van der Waals surface area contributed by atoms with Crippen LogP contribution in [0.5, 0.6) is 0 Å². The predicted octanol–water partition coefficient (Wildman–Crippen LogP) is 1.70. The molecule has 3 N–H and O–H groups in total. The van der Waals surface area contributed by atoms with Gasteiger partial charge in [0, 0.05) is 6.54 Å². The molecule has 0 unspecified atom stereocenters. The Morgan fingerprint density at radius 3 is 2.89 bits per heavy atom. The number of halogens is 1. The summed E-state index contributed by atoms with van der Waals surface area (Å²) < 4.78 is 1.55. The molecular weight excluding hydrogens is 266 g/mol. The van der Waals surface area contributed by atoms with Crippen LogP contribution >= 0.6 is 12.4 Å². The van der Waals surface area contributed by atoms with E-state index in [2.05, 4.69) is 15.0 Å². The molecule has 0 aliphatic heterocycles. The SMILES string of the molecule is Cl.Nc1nc2nc[nH]c2c(=O)n1CCC1CCCC1. The van der Waals surface area contributed by atoms with E-state index in [-0.39, 0.29) is 23.9 Å². The highest BCUT2D eigenvalue weighted by Gasteiger charge is 2.16. The lowest BCUT2D eigenvalue weighted by atomic mass is 10.0. The Labute approximate surface area is 116 Å². The van der Waals surface area contributed by atoms with Crippen LogP contribution < -0.4 is 11.3 Å². The lowest BCUT2D eigenvalue weighted by Crippen LogP contribution is -2.25. The molecule has 1 aliphatic rings. The van der Waals surface area contributed by atoms with Gasteiger partial charge in [0.15, 0.2) is 11.2 Å². The summed E-state index contributed by atoms with van der Waals surface area (Å²) in [5.74, 6) is 0.992. The second-order valence-electron chi connectivity index (χ2n) is 4.97. The zero-order valence-corrected chi connectivity index (χ0v) is 11.4. The summed E-state index contributed by atoms with van der Waals surface area (Å²) in [5.41, 5.74) is 6.55. The number of aromatic nitrogens is 4. The minimum Gasteiger partial charge on any atom is -0.369 e. The first-order valence-corrected chi connectivity index (χ1v) is 6.45. The van der Waals surface area contributed by atoms with E-state index in [1.807, 2.05) is 0 Å². The van der Waals surface area contributed by atoms with Crippen molar-refractivity contribution < 1.29 is 0 Å². The highest BCUT2D eigenvalue weighted by Crippen LogP contribution is 2.27. The van der Waals surface area contributed by atoms with E-state index in [1.54, 1.807) is 4.57 Å². The van der Waals surface area contributed by atoms with Crippen LogP contribution in [0.15, 0.2) is 11.1 Å². The Hall–Kier alpha value is -1.56. The Morgan fingerprint density at radius 2 is 2.16 bits per heavy atom. The van der Waals surface area contributed by atoms with Crippen LogP contribution in [-0.2, 0) is 6.54 Å². The van der Waals surface area contributed by atoms with Gasteiger partial charge in [-0.15, -0.1) is 12.4 Å². The highest BCUT2D eigenvalue weighted by atomic mass is 35.5. The van der Waals surface area contributed by atoms with Crippen LogP contribution in [0.1, 0.15) is 32.1 Å². The Balaban J connectivity index is 0.00000133. The van der Waals surface area contributed by atoms with Crippen molar-refractivity contribution >= 4 is 29.5 Å². The molecule has 19 heavy (non-hydrogen) atoms. The van der Waals surface area contributed by atoms with Gasteiger partial charge in [-0.3, -0.25) is 9.36 Å². The molecule has 0 amide bonds. The number of nitrogens with one attached hydrogen (secondary N) is 1. The fourth-order valence-electron chi connectivity index (χ4n) is 2.76. The van der Waals surface area contributed by atoms with Crippen molar-refractivity contribution in [1.29, 1.82) is 0 Å². The molecule has 104 valence electrons. The third kappa shape index (κ3) is 2.58. The van der Waals surface area contributed by atoms with Crippen molar-refractivity contribution in [1.82, 2.24) is 19.5 Å². The van der Waals surface area contributed by atoms with Crippen molar-refractivity contribution in [3.8, 4) is 0 Å². The van der Waals surface area contributed by atoms with Crippen LogP contribution in [0.3, 0.4) is 0 Å². The van der Waals surface area contributed by atoms with Gasteiger partial charge in [0.1, 0.15) is 0 Å². The number of hydrogen-bond donors (Lipinski definition) is 2. The van der Waals surface area contributed by atoms with Gasteiger partial charge < -0.3 is 10.7 Å². The van der Waals surface area contributed by atoms with Crippen LogP contribution in [-0.4, -0.2) is 19.5 Å². The summed E-state index contributed by atoms with van der Waals surface area (Å²) in [4.78, 5) is 23.1. The van der Waals surface area contributed by atoms with Gasteiger partial charge in [0.25, 0.3) is 5.56 Å². The van der Waals surface area contributed by atoms with Gasteiger partial charge in [0.05, 0.1) is 6.33 Å². The van der Waals surface area contributed by atoms with Gasteiger partial charge in [-0.1, -0.05) is 25.7 Å². The molecule has 0 bridgehead atoms. The quantitative estimate of drug-likeness (QED) is 0.897. The molecule has 1 aliphatic carbocycles. The van der Waals surface area contributed by atoms with Crippen molar-refractivity contribution in [3.63, 3.8) is 0 Å². The average molecular weight is 284 g/mol. The Kier molecular flexibility index (Phi) is 4.09. The third-order valence-corrected chi connectivity index (χ3v) is 3.81. The zero-order valence-electron chi connectivity index (χ0n) is 10.6. The van der Waals surface area contributed by atoms with Gasteiger partial charge in [-0.25, -0.2) is 4.98 Å². The van der Waals surface area contributed by atoms with E-state index < -0.39 is 0 Å². The molecule has 0 radical (unpaired) electrons. The number of aromatic amines is 1. The van der Waals surface area contributed by atoms with E-state index in [4.69, 9.17) is 5.73 Å². The number of anilines is 1. The smallest absolute Gasteiger partial charge is 0.280 e. The second kappa shape index (κ2) is 5.61. The zero-order chi connectivity index (χ0) is 12.5. The number of nitrogens with zero attached hydrogens (tertiary/aromatic N) is 3. The van der Waals surface area contributed by atoms with Gasteiger partial charge >= 0.3 is 0 Å². The molecule has 7 heteroatoms. The van der Waals surface area contributed by atoms with Crippen LogP contribution in [0.25, 0.3) is 11.2 Å². The van der Waals surface area contributed by atoms with E-state index in [9.17, 15) is 4.79 Å². The standard InChI is InChI=1S/C12H17N5O.ClH/c13-12-16-10-9(14-7-15-10)11(18)17(12)6-5-8-3-1-2-4-8;/h7-8H,1-6H2,(H2,13,16)(H,14,15);1H. The summed E-state index contributed by atoms with van der Waals surface area (Å²) in [7, 11) is 0. The van der Waals surface area contributed by atoms with Gasteiger partial charge in [-0.2, -0.15) is 4.98 Å². The number of rotatable bonds is 3. The fraction of sp³-hybridized carbons (Fsp3) is 0.583. The lowest BCUT2D eigenvalue weighted by Gasteiger charge is -2.12. The molecule has 0 aromatic carbocycles. The number of H-pyrrole nitrogens is 1. The lowest BCUT2D eigenvalue weighted by molar-refractivity contribution is 0.454. The van der Waals surface area contributed by atoms with Crippen LogP contribution in [0.2, 0.25) is 0 Å². The van der Waals surface area contributed by atoms with Crippen molar-refractivity contribution in [3.05, 3.63) is 16.7 Å². The van der Waals surface area contributed by atoms with E-state index in [0.29, 0.717) is 17.7 Å². The van der Waals surface area contributed by atoms with Gasteiger partial charge in [-0.05, 0) is 12.3 Å². The topological polar surface area (TPSA) is 89.6 Å². The summed E-state index contributed by atoms with van der Waals surface area (Å²) in [6, 6.07) is 0. The first kappa shape index (κ1) is 13.9. The molecule has 2 aromatic heterocycles. The molecule has 0 spiro atoms. The monoisotopic (exact) mass is 283 g/mol. The molecule has 6 nitrogen and oxygen atoms in total. The minimum atomic E-state index is -0.118. The maximum atomic E-state index is 12.2. The largest absolute Gasteiger partial charge is 0.369 e. The Bertz CT molecular complexity index is 614. The normalized spacial score (nSPS) is 15.8. The number of fused-ring (bicyclic) bond motifs is 1. The fourth-order valence-corrected chi connectivity index (χ4v) is 2.76. The van der Waals surface area contributed by atoms with Crippen molar-refractivity contribution in [2.75, 3.05) is 5.73 Å². The molecule has 0 atom stereocenters. The van der Waals surface area contributed by atoms with Crippen LogP contribution in [0.4, 0.5) is 5.95 Å². The molecule has 0 saturated heterocycles. The minimum absolute atomic E-state index is 0. The first-order valence-electron chi connectivity index (χ1n) is 6.45. The maximum absolute atomic E-state index is 12.2. The molecule has 1 saturated carbocycles. The number of hydrogen-bond acceptors (Lipinski definition) is 4. The summed E-state index contributed by atoms with van der Waals surface area (Å²) >= 11 is 0. The number of imidazole rings is 1. The summed E-state index contributed by atoms with van der Waals surface area (Å²) in [5, 5.41) is 0. The molecule has 1 fully saturated rings. The van der Waals surface area contributed by atoms with Crippen molar-refractivity contribution in [2.24, 2.45) is 5.92 Å². The summed E-state index contributed by atoms with van der Waals surface area (Å²) in [6.45, 7) is 0.650.